The maximum absolute atomic E-state index is 12.8. The second-order valence-electron chi connectivity index (χ2n) is 22.1. The Morgan fingerprint density at radius 3 is 1.54 bits per heavy atom. The number of unbranched alkanes of at least 4 members (excludes halogenated alkanes) is 16. The first-order valence-electron chi connectivity index (χ1n) is 32.3. The minimum atomic E-state index is -2.23. The van der Waals surface area contributed by atoms with Crippen molar-refractivity contribution in [3.8, 4) is 5.75 Å². The molecule has 24 heteroatoms. The van der Waals surface area contributed by atoms with Crippen LogP contribution in [0.2, 0.25) is 0 Å². The summed E-state index contributed by atoms with van der Waals surface area (Å²) in [7, 11) is 1.66. The monoisotopic (exact) mass is 1260 g/mol. The Morgan fingerprint density at radius 2 is 1.02 bits per heavy atom. The lowest BCUT2D eigenvalue weighted by molar-refractivity contribution is -0.129. The molecule has 0 heterocycles. The third-order valence-electron chi connectivity index (χ3n) is 14.3. The van der Waals surface area contributed by atoms with Gasteiger partial charge >= 0.3 is 5.79 Å². The standard InChI is InChI=1S/C63H112N6O17S/c1-51(70)68-55(50-52-26-28-53(29-27-52)86-63(78)59(74)60(63)75)62(77)67-34-23-37-82-42-45-84-44-41-81-36-22-33-66-57(72)31-30-56(71)65-32-18-17-24-54(61(64)76)69-58(73)25-16-12-8-4-7-11-15-21-49-87-48-20-14-10-6-3-5-9-13-19-35-80-40-43-85-47-46-83-39-38-79-2/h26-29,54-55,57,59,66,72,74,78H,3-25,30-50H2,1-2H3,(H2,64,76)(H,65,71)(H,67,77)(H,68,70)(H,69,73)/t54?,55?,57?,59-,63?/m1/s1. The average Bonchev–Trinajstić information content (AvgIpc) is 1.96. The molecule has 0 radical (unpaired) electrons. The van der Waals surface area contributed by atoms with E-state index in [1.54, 1.807) is 19.2 Å². The van der Waals surface area contributed by atoms with E-state index in [4.69, 9.17) is 43.6 Å². The van der Waals surface area contributed by atoms with Crippen molar-refractivity contribution in [3.05, 3.63) is 29.8 Å². The Labute approximate surface area is 523 Å². The van der Waals surface area contributed by atoms with Gasteiger partial charge in [0.1, 0.15) is 24.1 Å². The zero-order valence-electron chi connectivity index (χ0n) is 52.8. The van der Waals surface area contributed by atoms with E-state index in [0.717, 1.165) is 32.3 Å². The van der Waals surface area contributed by atoms with Crippen molar-refractivity contribution in [3.63, 3.8) is 0 Å². The predicted octanol–water partition coefficient (Wildman–Crippen LogP) is 5.09. The molecule has 1 aliphatic carbocycles. The van der Waals surface area contributed by atoms with Gasteiger partial charge in [0.2, 0.25) is 35.3 Å². The number of nitrogens with two attached hydrogens (primary N) is 1. The maximum Gasteiger partial charge on any atom is 0.305 e. The minimum absolute atomic E-state index is 0.152. The summed E-state index contributed by atoms with van der Waals surface area (Å²) in [5.41, 5.74) is 6.28. The molecule has 0 aliphatic heterocycles. The van der Waals surface area contributed by atoms with Gasteiger partial charge in [-0.3, -0.25) is 34.1 Å². The van der Waals surface area contributed by atoms with E-state index in [2.05, 4.69) is 38.3 Å². The van der Waals surface area contributed by atoms with Crippen LogP contribution < -0.4 is 37.1 Å². The summed E-state index contributed by atoms with van der Waals surface area (Å²) >= 11 is 2.10. The van der Waals surface area contributed by atoms with Crippen molar-refractivity contribution >= 4 is 47.1 Å². The Hall–Kier alpha value is -4.05. The smallest absolute Gasteiger partial charge is 0.305 e. The number of aliphatic hydroxyl groups is 3. The largest absolute Gasteiger partial charge is 0.452 e. The average molecular weight is 1260 g/mol. The summed E-state index contributed by atoms with van der Waals surface area (Å²) in [6, 6.07) is 4.68. The van der Waals surface area contributed by atoms with Crippen LogP contribution >= 0.6 is 11.8 Å². The number of ketones is 1. The number of rotatable bonds is 63. The van der Waals surface area contributed by atoms with Crippen LogP contribution in [-0.2, 0) is 68.3 Å². The van der Waals surface area contributed by atoms with Crippen molar-refractivity contribution < 1.29 is 82.0 Å². The maximum atomic E-state index is 12.8. The summed E-state index contributed by atoms with van der Waals surface area (Å²) in [6.07, 6.45) is 22.2. The molecular weight excluding hydrogens is 1140 g/mol. The molecule has 5 amide bonds. The van der Waals surface area contributed by atoms with Crippen LogP contribution in [0.3, 0.4) is 0 Å². The summed E-state index contributed by atoms with van der Waals surface area (Å²) in [4.78, 5) is 72.9. The zero-order valence-corrected chi connectivity index (χ0v) is 53.6. The Balaban J connectivity index is 1.30. The molecule has 4 unspecified atom stereocenters. The van der Waals surface area contributed by atoms with Gasteiger partial charge in [0, 0.05) is 66.2 Å². The fourth-order valence-electron chi connectivity index (χ4n) is 9.12. The number of thioether (sulfide) groups is 1. The first-order valence-corrected chi connectivity index (χ1v) is 33.5. The summed E-state index contributed by atoms with van der Waals surface area (Å²) in [6.45, 7) is 9.42. The van der Waals surface area contributed by atoms with Gasteiger partial charge in [0.05, 0.1) is 66.1 Å². The normalized spacial score (nSPS) is 15.6. The first-order chi connectivity index (χ1) is 42.3. The number of Topliss-reactive ketones (excluding diaryl/α,β-unsaturated/α-hetero) is 1. The molecule has 1 aromatic carbocycles. The van der Waals surface area contributed by atoms with Gasteiger partial charge in [-0.05, 0) is 100.0 Å². The lowest BCUT2D eigenvalue weighted by atomic mass is 10.0. The van der Waals surface area contributed by atoms with Gasteiger partial charge < -0.3 is 80.2 Å². The highest BCUT2D eigenvalue weighted by atomic mass is 32.2. The van der Waals surface area contributed by atoms with Crippen molar-refractivity contribution in [1.29, 1.82) is 0 Å². The number of aliphatic hydroxyl groups excluding tert-OH is 2. The Morgan fingerprint density at radius 1 is 0.552 bits per heavy atom. The molecule has 10 N–H and O–H groups in total. The number of carbonyl (C=O) groups excluding carboxylic acids is 6. The van der Waals surface area contributed by atoms with E-state index in [1.807, 2.05) is 0 Å². The Bertz CT molecular complexity index is 1930. The van der Waals surface area contributed by atoms with E-state index in [-0.39, 0.29) is 48.6 Å². The molecule has 0 saturated heterocycles. The fourth-order valence-corrected chi connectivity index (χ4v) is 10.1. The molecule has 1 fully saturated rings. The number of benzene rings is 1. The molecule has 0 aromatic heterocycles. The van der Waals surface area contributed by atoms with Crippen molar-refractivity contribution in [2.24, 2.45) is 5.73 Å². The highest BCUT2D eigenvalue weighted by Gasteiger charge is 2.68. The Kier molecular flexibility index (Phi) is 48.8. The summed E-state index contributed by atoms with van der Waals surface area (Å²) in [5, 5.41) is 43.6. The SMILES string of the molecule is COCCOCCOCCOCCCCCCCCCCCSCCCCCCCCCCC(=O)NC(CCCCNC(=O)CCC(O)NCCCOCCOCCOCCCNC(=O)C(Cc1ccc(OC2(O)C(=O)[C@H]2O)cc1)NC(C)=O)C(N)=O. The molecule has 1 saturated carbocycles. The molecule has 502 valence electrons. The number of hydrogen-bond donors (Lipinski definition) is 9. The van der Waals surface area contributed by atoms with E-state index in [1.165, 1.54) is 114 Å². The van der Waals surface area contributed by atoms with Crippen molar-refractivity contribution in [2.75, 3.05) is 124 Å². The number of amides is 5. The van der Waals surface area contributed by atoms with Gasteiger partial charge in [0.15, 0.2) is 6.10 Å². The number of hydrogen-bond acceptors (Lipinski definition) is 19. The fraction of sp³-hybridized carbons (Fsp3) is 0.810. The highest BCUT2D eigenvalue weighted by molar-refractivity contribution is 7.99. The number of primary amides is 1. The number of nitrogens with one attached hydrogen (secondary N) is 5. The number of methoxy groups -OCH3 is 1. The van der Waals surface area contributed by atoms with E-state index < -0.39 is 41.9 Å². The summed E-state index contributed by atoms with van der Waals surface area (Å²) in [5.74, 6) is -1.98. The molecule has 0 bridgehead atoms. The molecule has 1 aliphatic rings. The summed E-state index contributed by atoms with van der Waals surface area (Å²) < 4.78 is 43.3. The van der Waals surface area contributed by atoms with Crippen LogP contribution in [0.1, 0.15) is 173 Å². The third-order valence-corrected chi connectivity index (χ3v) is 15.5. The third kappa shape index (κ3) is 44.1. The van der Waals surface area contributed by atoms with Crippen molar-refractivity contribution in [2.45, 2.75) is 204 Å². The minimum Gasteiger partial charge on any atom is -0.452 e. The molecule has 1 aromatic rings. The molecule has 23 nitrogen and oxygen atoms in total. The highest BCUT2D eigenvalue weighted by Crippen LogP contribution is 2.34. The molecule has 2 rings (SSSR count). The van der Waals surface area contributed by atoms with Gasteiger partial charge in [-0.1, -0.05) is 95.6 Å². The van der Waals surface area contributed by atoms with Crippen LogP contribution in [0, 0.1) is 0 Å². The lowest BCUT2D eigenvalue weighted by Gasteiger charge is -2.18. The second-order valence-corrected chi connectivity index (χ2v) is 23.3. The van der Waals surface area contributed by atoms with Crippen LogP contribution in [0.25, 0.3) is 0 Å². The van der Waals surface area contributed by atoms with Gasteiger partial charge in [-0.25, -0.2) is 0 Å². The number of ether oxygens (including phenoxy) is 8. The van der Waals surface area contributed by atoms with Crippen LogP contribution in [0.5, 0.6) is 5.75 Å². The van der Waals surface area contributed by atoms with E-state index in [0.29, 0.717) is 143 Å². The van der Waals surface area contributed by atoms with E-state index in [9.17, 15) is 44.1 Å². The van der Waals surface area contributed by atoms with Crippen molar-refractivity contribution in [1.82, 2.24) is 26.6 Å². The molecule has 5 atom stereocenters. The first kappa shape index (κ1) is 79.0. The van der Waals surface area contributed by atoms with Gasteiger partial charge in [-0.15, -0.1) is 0 Å². The zero-order chi connectivity index (χ0) is 63.3. The van der Waals surface area contributed by atoms with Gasteiger partial charge in [-0.2, -0.15) is 11.8 Å². The predicted molar refractivity (Wildman–Crippen MR) is 335 cm³/mol. The second kappa shape index (κ2) is 53.8. The molecular formula is C63H112N6O17S. The van der Waals surface area contributed by atoms with Crippen LogP contribution in [0.4, 0.5) is 0 Å². The topological polar surface area (TPSA) is 323 Å². The van der Waals surface area contributed by atoms with Crippen LogP contribution in [0.15, 0.2) is 24.3 Å². The van der Waals surface area contributed by atoms with Gasteiger partial charge in [0.25, 0.3) is 0 Å². The molecule has 0 spiro atoms. The number of carbonyl (C=O) groups is 6. The quantitative estimate of drug-likeness (QED) is 0.0303. The lowest BCUT2D eigenvalue weighted by Crippen LogP contribution is -2.47. The molecule has 87 heavy (non-hydrogen) atoms. The van der Waals surface area contributed by atoms with Crippen LogP contribution in [-0.4, -0.2) is 205 Å². The van der Waals surface area contributed by atoms with E-state index >= 15 is 0 Å².